The number of carbonyl (C=O) groups excluding carboxylic acids is 3. The molecule has 3 atom stereocenters. The van der Waals surface area contributed by atoms with Crippen molar-refractivity contribution in [2.75, 3.05) is 0 Å². The average Bonchev–Trinajstić information content (AvgIpc) is 2.69. The van der Waals surface area contributed by atoms with Gasteiger partial charge >= 0.3 is 6.09 Å². The van der Waals surface area contributed by atoms with E-state index in [1.165, 1.54) is 4.90 Å². The highest BCUT2D eigenvalue weighted by atomic mass is 16.6. The summed E-state index contributed by atoms with van der Waals surface area (Å²) in [5, 5.41) is 16.4. The number of phenols is 1. The van der Waals surface area contributed by atoms with E-state index < -0.39 is 41.6 Å². The molecule has 0 radical (unpaired) electrons. The average molecular weight is 478 g/mol. The summed E-state index contributed by atoms with van der Waals surface area (Å²) in [5.41, 5.74) is 0.208. The van der Waals surface area contributed by atoms with Gasteiger partial charge in [-0.1, -0.05) is 38.5 Å². The number of hydrogen-bond donors (Lipinski definition) is 3. The summed E-state index contributed by atoms with van der Waals surface area (Å²) in [7, 11) is 0. The molecular formula is C26H43N3O5. The van der Waals surface area contributed by atoms with Crippen LogP contribution in [0.1, 0.15) is 85.9 Å². The maximum atomic E-state index is 14.0. The molecule has 1 aromatic carbocycles. The first-order valence-electron chi connectivity index (χ1n) is 12.0. The molecule has 0 heterocycles. The number of carbonyl (C=O) groups is 3. The normalized spacial score (nSPS) is 14.4. The molecule has 0 saturated carbocycles. The maximum Gasteiger partial charge on any atom is 0.408 e. The minimum absolute atomic E-state index is 0.0370. The van der Waals surface area contributed by atoms with Crippen molar-refractivity contribution in [1.29, 1.82) is 0 Å². The molecule has 8 nitrogen and oxygen atoms in total. The quantitative estimate of drug-likeness (QED) is 0.487. The lowest BCUT2D eigenvalue weighted by Gasteiger charge is -2.39. The highest BCUT2D eigenvalue weighted by Gasteiger charge is 2.40. The number of para-hydroxylation sites is 1. The standard InChI is InChI=1S/C26H43N3O5/c1-11-17(6)20(28-25(33)34-26(8,9)10)24(32)29(16(4)5)21(23(31)27-15(2)3)19-14-12-13-18(7)22(19)30/h12-17,20-21,30H,11H2,1-10H3,(H,27,31)(H,28,33). The molecule has 0 aliphatic rings. The fourth-order valence-electron chi connectivity index (χ4n) is 3.64. The molecule has 0 bridgehead atoms. The fourth-order valence-corrected chi connectivity index (χ4v) is 3.64. The Hall–Kier alpha value is -2.77. The van der Waals surface area contributed by atoms with Gasteiger partial charge in [0.2, 0.25) is 11.8 Å². The van der Waals surface area contributed by atoms with E-state index in [1.54, 1.807) is 45.9 Å². The van der Waals surface area contributed by atoms with E-state index in [9.17, 15) is 19.5 Å². The van der Waals surface area contributed by atoms with Gasteiger partial charge in [0.25, 0.3) is 0 Å². The van der Waals surface area contributed by atoms with Gasteiger partial charge in [-0.3, -0.25) is 9.59 Å². The summed E-state index contributed by atoms with van der Waals surface area (Å²) >= 11 is 0. The summed E-state index contributed by atoms with van der Waals surface area (Å²) < 4.78 is 5.39. The third kappa shape index (κ3) is 7.92. The predicted octanol–water partition coefficient (Wildman–Crippen LogP) is 4.44. The van der Waals surface area contributed by atoms with Gasteiger partial charge in [-0.15, -0.1) is 0 Å². The van der Waals surface area contributed by atoms with Crippen LogP contribution >= 0.6 is 0 Å². The van der Waals surface area contributed by atoms with Crippen molar-refractivity contribution in [2.45, 2.75) is 105 Å². The van der Waals surface area contributed by atoms with Gasteiger partial charge in [0.15, 0.2) is 0 Å². The summed E-state index contributed by atoms with van der Waals surface area (Å²) in [6.07, 6.45) is -0.0760. The van der Waals surface area contributed by atoms with Crippen molar-refractivity contribution < 1.29 is 24.2 Å². The number of amides is 3. The lowest BCUT2D eigenvalue weighted by atomic mass is 9.94. The highest BCUT2D eigenvalue weighted by Crippen LogP contribution is 2.34. The van der Waals surface area contributed by atoms with Crippen LogP contribution in [0.4, 0.5) is 4.79 Å². The van der Waals surface area contributed by atoms with Crippen LogP contribution in [-0.2, 0) is 14.3 Å². The third-order valence-electron chi connectivity index (χ3n) is 5.48. The number of nitrogens with one attached hydrogen (secondary N) is 2. The predicted molar refractivity (Wildman–Crippen MR) is 133 cm³/mol. The molecule has 0 saturated heterocycles. The van der Waals surface area contributed by atoms with Gasteiger partial charge in [0.1, 0.15) is 23.4 Å². The molecular weight excluding hydrogens is 434 g/mol. The molecule has 0 spiro atoms. The molecule has 0 aliphatic carbocycles. The Kier molecular flexibility index (Phi) is 10.4. The number of alkyl carbamates (subject to hydrolysis) is 1. The molecule has 1 aromatic rings. The van der Waals surface area contributed by atoms with Gasteiger partial charge in [0.05, 0.1) is 0 Å². The second kappa shape index (κ2) is 12.1. The Bertz CT molecular complexity index is 860. The number of ether oxygens (including phenoxy) is 1. The zero-order chi connectivity index (χ0) is 26.4. The van der Waals surface area contributed by atoms with E-state index in [0.717, 1.165) is 0 Å². The summed E-state index contributed by atoms with van der Waals surface area (Å²) in [4.78, 5) is 41.4. The van der Waals surface area contributed by atoms with Crippen LogP contribution in [0.2, 0.25) is 0 Å². The van der Waals surface area contributed by atoms with Gasteiger partial charge in [-0.05, 0) is 66.9 Å². The minimum atomic E-state index is -1.08. The molecule has 3 amide bonds. The summed E-state index contributed by atoms with van der Waals surface area (Å²) in [6.45, 7) is 18.1. The Balaban J connectivity index is 3.57. The maximum absolute atomic E-state index is 14.0. The molecule has 0 aromatic heterocycles. The van der Waals surface area contributed by atoms with Crippen LogP contribution in [0.3, 0.4) is 0 Å². The molecule has 0 fully saturated rings. The number of phenolic OH excluding ortho intramolecular Hbond substituents is 1. The summed E-state index contributed by atoms with van der Waals surface area (Å²) in [5.74, 6) is -1.08. The lowest BCUT2D eigenvalue weighted by molar-refractivity contribution is -0.145. The van der Waals surface area contributed by atoms with Crippen molar-refractivity contribution >= 4 is 17.9 Å². The molecule has 0 aliphatic heterocycles. The van der Waals surface area contributed by atoms with Crippen LogP contribution in [0, 0.1) is 12.8 Å². The van der Waals surface area contributed by atoms with E-state index in [0.29, 0.717) is 17.5 Å². The second-order valence-corrected chi connectivity index (χ2v) is 10.4. The number of aryl methyl sites for hydroxylation is 1. The highest BCUT2D eigenvalue weighted by molar-refractivity contribution is 5.93. The van der Waals surface area contributed by atoms with Crippen LogP contribution in [0.25, 0.3) is 0 Å². The molecule has 3 N–H and O–H groups in total. The topological polar surface area (TPSA) is 108 Å². The number of nitrogens with zero attached hydrogens (tertiary/aromatic N) is 1. The first kappa shape index (κ1) is 29.3. The molecule has 8 heteroatoms. The van der Waals surface area contributed by atoms with Gasteiger partial charge < -0.3 is 25.4 Å². The Morgan fingerprint density at radius 2 is 1.65 bits per heavy atom. The Labute approximate surface area is 204 Å². The summed E-state index contributed by atoms with van der Waals surface area (Å²) in [6, 6.07) is 2.57. The Morgan fingerprint density at radius 3 is 2.12 bits per heavy atom. The second-order valence-electron chi connectivity index (χ2n) is 10.4. The lowest BCUT2D eigenvalue weighted by Crippen LogP contribution is -2.57. The van der Waals surface area contributed by atoms with Gasteiger partial charge in [-0.2, -0.15) is 0 Å². The largest absolute Gasteiger partial charge is 0.507 e. The Morgan fingerprint density at radius 1 is 1.06 bits per heavy atom. The van der Waals surface area contributed by atoms with Crippen LogP contribution in [0.15, 0.2) is 18.2 Å². The molecule has 1 rings (SSSR count). The van der Waals surface area contributed by atoms with Crippen molar-refractivity contribution in [3.8, 4) is 5.75 Å². The SMILES string of the molecule is CCC(C)C(NC(=O)OC(C)(C)C)C(=O)N(C(C)C)C(C(=O)NC(C)C)c1cccc(C)c1O. The van der Waals surface area contributed by atoms with Gasteiger partial charge in [-0.25, -0.2) is 4.79 Å². The van der Waals surface area contributed by atoms with Crippen LogP contribution in [0.5, 0.6) is 5.75 Å². The van der Waals surface area contributed by atoms with E-state index in [-0.39, 0.29) is 17.7 Å². The van der Waals surface area contributed by atoms with Crippen molar-refractivity contribution in [3.63, 3.8) is 0 Å². The third-order valence-corrected chi connectivity index (χ3v) is 5.48. The van der Waals surface area contributed by atoms with E-state index >= 15 is 0 Å². The van der Waals surface area contributed by atoms with E-state index in [2.05, 4.69) is 10.6 Å². The zero-order valence-electron chi connectivity index (χ0n) is 22.4. The van der Waals surface area contributed by atoms with E-state index in [1.807, 2.05) is 41.5 Å². The molecule has 3 unspecified atom stereocenters. The molecule has 34 heavy (non-hydrogen) atoms. The van der Waals surface area contributed by atoms with Crippen LogP contribution in [-0.4, -0.2) is 51.6 Å². The van der Waals surface area contributed by atoms with E-state index in [4.69, 9.17) is 4.74 Å². The fraction of sp³-hybridized carbons (Fsp3) is 0.654. The van der Waals surface area contributed by atoms with Crippen molar-refractivity contribution in [1.82, 2.24) is 15.5 Å². The van der Waals surface area contributed by atoms with Crippen molar-refractivity contribution in [3.05, 3.63) is 29.3 Å². The van der Waals surface area contributed by atoms with Crippen LogP contribution < -0.4 is 10.6 Å². The number of benzene rings is 1. The van der Waals surface area contributed by atoms with Gasteiger partial charge in [0, 0.05) is 17.6 Å². The zero-order valence-corrected chi connectivity index (χ0v) is 22.4. The smallest absolute Gasteiger partial charge is 0.408 e. The van der Waals surface area contributed by atoms with Crippen molar-refractivity contribution in [2.24, 2.45) is 5.92 Å². The molecule has 192 valence electrons. The minimum Gasteiger partial charge on any atom is -0.507 e. The monoisotopic (exact) mass is 477 g/mol. The number of hydrogen-bond acceptors (Lipinski definition) is 5. The number of aromatic hydroxyl groups is 1. The first-order chi connectivity index (χ1) is 15.6. The number of rotatable bonds is 9. The first-order valence-corrected chi connectivity index (χ1v) is 12.0.